The van der Waals surface area contributed by atoms with Crippen LogP contribution in [0.4, 0.5) is 5.69 Å². The summed E-state index contributed by atoms with van der Waals surface area (Å²) in [6.45, 7) is 4.36. The van der Waals surface area contributed by atoms with E-state index in [0.717, 1.165) is 5.69 Å². The van der Waals surface area contributed by atoms with Crippen molar-refractivity contribution in [3.63, 3.8) is 0 Å². The number of para-hydroxylation sites is 1. The molecule has 0 spiro atoms. The predicted molar refractivity (Wildman–Crippen MR) is 56.1 cm³/mol. The molecule has 1 rings (SSSR count). The summed E-state index contributed by atoms with van der Waals surface area (Å²) < 4.78 is 5.22. The van der Waals surface area contributed by atoms with Crippen molar-refractivity contribution in [1.29, 1.82) is 0 Å². The molecule has 0 aliphatic rings. The largest absolute Gasteiger partial charge is 0.361 e. The molecule has 14 heavy (non-hydrogen) atoms. The van der Waals surface area contributed by atoms with Gasteiger partial charge in [0.15, 0.2) is 0 Å². The van der Waals surface area contributed by atoms with Crippen LogP contribution in [0.3, 0.4) is 0 Å². The number of benzene rings is 1. The van der Waals surface area contributed by atoms with Gasteiger partial charge in [0.05, 0.1) is 0 Å². The highest BCUT2D eigenvalue weighted by Crippen LogP contribution is 2.12. The van der Waals surface area contributed by atoms with Crippen molar-refractivity contribution >= 4 is 11.6 Å². The molecule has 0 radical (unpaired) electrons. The number of hydrogen-bond acceptors (Lipinski definition) is 2. The van der Waals surface area contributed by atoms with E-state index >= 15 is 0 Å². The van der Waals surface area contributed by atoms with Crippen molar-refractivity contribution in [3.05, 3.63) is 30.3 Å². The van der Waals surface area contributed by atoms with Crippen LogP contribution in [0.2, 0.25) is 0 Å². The Morgan fingerprint density at radius 1 is 1.36 bits per heavy atom. The monoisotopic (exact) mass is 193 g/mol. The highest BCUT2D eigenvalue weighted by Gasteiger charge is 2.09. The third kappa shape index (κ3) is 2.85. The molecule has 0 N–H and O–H groups in total. The van der Waals surface area contributed by atoms with Crippen molar-refractivity contribution in [3.8, 4) is 0 Å². The van der Waals surface area contributed by atoms with E-state index in [0.29, 0.717) is 13.3 Å². The fourth-order valence-corrected chi connectivity index (χ4v) is 1.14. The molecule has 1 aromatic rings. The van der Waals surface area contributed by atoms with Crippen LogP contribution in [-0.4, -0.2) is 19.2 Å². The van der Waals surface area contributed by atoms with Gasteiger partial charge in [-0.2, -0.15) is 0 Å². The highest BCUT2D eigenvalue weighted by molar-refractivity contribution is 5.91. The molecule has 3 heteroatoms. The molecule has 0 heterocycles. The molecule has 0 aliphatic heterocycles. The standard InChI is InChI=1S/C11H15NO2/c1-3-14-9-12(10(2)13)11-7-5-4-6-8-11/h4-8H,3,9H2,1-2H3. The predicted octanol–water partition coefficient (Wildman–Crippen LogP) is 2.03. The minimum absolute atomic E-state index is 0.00958. The third-order valence-electron chi connectivity index (χ3n) is 1.87. The van der Waals surface area contributed by atoms with E-state index in [1.165, 1.54) is 6.92 Å². The van der Waals surface area contributed by atoms with Crippen molar-refractivity contribution in [1.82, 2.24) is 0 Å². The van der Waals surface area contributed by atoms with E-state index in [4.69, 9.17) is 4.74 Å². The topological polar surface area (TPSA) is 29.5 Å². The van der Waals surface area contributed by atoms with Crippen molar-refractivity contribution in [2.24, 2.45) is 0 Å². The molecule has 1 aromatic carbocycles. The number of carbonyl (C=O) groups excluding carboxylic acids is 1. The van der Waals surface area contributed by atoms with E-state index in [1.807, 2.05) is 37.3 Å². The zero-order valence-electron chi connectivity index (χ0n) is 8.56. The van der Waals surface area contributed by atoms with E-state index in [-0.39, 0.29) is 5.91 Å². The van der Waals surface area contributed by atoms with Crippen LogP contribution >= 0.6 is 0 Å². The van der Waals surface area contributed by atoms with Crippen molar-refractivity contribution in [2.45, 2.75) is 13.8 Å². The molecule has 1 amide bonds. The fraction of sp³-hybridized carbons (Fsp3) is 0.364. The zero-order chi connectivity index (χ0) is 10.4. The number of rotatable bonds is 4. The second kappa shape index (κ2) is 5.40. The normalized spacial score (nSPS) is 9.86. The molecule has 3 nitrogen and oxygen atoms in total. The summed E-state index contributed by atoms with van der Waals surface area (Å²) in [5, 5.41) is 0. The van der Waals surface area contributed by atoms with E-state index < -0.39 is 0 Å². The van der Waals surface area contributed by atoms with Gasteiger partial charge in [-0.3, -0.25) is 9.69 Å². The van der Waals surface area contributed by atoms with E-state index in [2.05, 4.69) is 0 Å². The number of ether oxygens (including phenoxy) is 1. The maximum Gasteiger partial charge on any atom is 0.225 e. The molecule has 0 atom stereocenters. The van der Waals surface area contributed by atoms with Crippen LogP contribution in [-0.2, 0) is 9.53 Å². The molecule has 0 fully saturated rings. The van der Waals surface area contributed by atoms with E-state index in [9.17, 15) is 4.79 Å². The minimum Gasteiger partial charge on any atom is -0.361 e. The summed E-state index contributed by atoms with van der Waals surface area (Å²) >= 11 is 0. The van der Waals surface area contributed by atoms with Crippen molar-refractivity contribution in [2.75, 3.05) is 18.2 Å². The van der Waals surface area contributed by atoms with Gasteiger partial charge in [0.25, 0.3) is 0 Å². The van der Waals surface area contributed by atoms with Gasteiger partial charge >= 0.3 is 0 Å². The van der Waals surface area contributed by atoms with E-state index in [1.54, 1.807) is 4.90 Å². The first-order valence-corrected chi connectivity index (χ1v) is 4.66. The quantitative estimate of drug-likeness (QED) is 0.685. The Hall–Kier alpha value is -1.35. The molecule has 0 aromatic heterocycles. The lowest BCUT2D eigenvalue weighted by molar-refractivity contribution is -0.117. The highest BCUT2D eigenvalue weighted by atomic mass is 16.5. The van der Waals surface area contributed by atoms with Gasteiger partial charge in [0.1, 0.15) is 6.73 Å². The summed E-state index contributed by atoms with van der Waals surface area (Å²) in [6, 6.07) is 9.50. The van der Waals surface area contributed by atoms with Gasteiger partial charge in [-0.05, 0) is 19.1 Å². The Labute approximate surface area is 84.3 Å². The number of carbonyl (C=O) groups is 1. The Kier molecular flexibility index (Phi) is 4.13. The maximum atomic E-state index is 11.3. The zero-order valence-corrected chi connectivity index (χ0v) is 8.56. The lowest BCUT2D eigenvalue weighted by Gasteiger charge is -2.20. The summed E-state index contributed by atoms with van der Waals surface area (Å²) in [7, 11) is 0. The lowest BCUT2D eigenvalue weighted by atomic mass is 10.3. The van der Waals surface area contributed by atoms with Gasteiger partial charge in [-0.25, -0.2) is 0 Å². The smallest absolute Gasteiger partial charge is 0.225 e. The Morgan fingerprint density at radius 3 is 2.50 bits per heavy atom. The van der Waals surface area contributed by atoms with Crippen molar-refractivity contribution < 1.29 is 9.53 Å². The second-order valence-corrected chi connectivity index (χ2v) is 2.90. The van der Waals surface area contributed by atoms with Gasteiger partial charge in [0, 0.05) is 19.2 Å². The SMILES string of the molecule is CCOCN(C(C)=O)c1ccccc1. The number of nitrogens with zero attached hydrogens (tertiary/aromatic N) is 1. The summed E-state index contributed by atoms with van der Waals surface area (Å²) in [5.74, 6) is -0.00958. The average Bonchev–Trinajstić information content (AvgIpc) is 2.19. The van der Waals surface area contributed by atoms with Crippen LogP contribution in [0.15, 0.2) is 30.3 Å². The van der Waals surface area contributed by atoms with Crippen LogP contribution in [0, 0.1) is 0 Å². The molecule has 0 aliphatic carbocycles. The van der Waals surface area contributed by atoms with Crippen LogP contribution in [0.1, 0.15) is 13.8 Å². The van der Waals surface area contributed by atoms with Crippen LogP contribution in [0.5, 0.6) is 0 Å². The molecular weight excluding hydrogens is 178 g/mol. The summed E-state index contributed by atoms with van der Waals surface area (Å²) in [6.07, 6.45) is 0. The summed E-state index contributed by atoms with van der Waals surface area (Å²) in [5.41, 5.74) is 0.869. The molecule has 0 unspecified atom stereocenters. The molecule has 0 saturated carbocycles. The van der Waals surface area contributed by atoms with Crippen LogP contribution < -0.4 is 4.90 Å². The molecule has 0 bridgehead atoms. The number of amides is 1. The summed E-state index contributed by atoms with van der Waals surface area (Å²) in [4.78, 5) is 12.9. The minimum atomic E-state index is -0.00958. The first kappa shape index (κ1) is 10.7. The Morgan fingerprint density at radius 2 is 2.00 bits per heavy atom. The first-order valence-electron chi connectivity index (χ1n) is 4.66. The van der Waals surface area contributed by atoms with Gasteiger partial charge in [-0.15, -0.1) is 0 Å². The molecule has 76 valence electrons. The number of anilines is 1. The van der Waals surface area contributed by atoms with Crippen LogP contribution in [0.25, 0.3) is 0 Å². The van der Waals surface area contributed by atoms with Gasteiger partial charge < -0.3 is 4.74 Å². The molecular formula is C11H15NO2. The van der Waals surface area contributed by atoms with Gasteiger partial charge in [0.2, 0.25) is 5.91 Å². The third-order valence-corrected chi connectivity index (χ3v) is 1.87. The number of hydrogen-bond donors (Lipinski definition) is 0. The lowest BCUT2D eigenvalue weighted by Crippen LogP contribution is -2.30. The maximum absolute atomic E-state index is 11.3. The Balaban J connectivity index is 2.73. The second-order valence-electron chi connectivity index (χ2n) is 2.90. The molecule has 0 saturated heterocycles. The Bertz CT molecular complexity index is 285. The fourth-order valence-electron chi connectivity index (χ4n) is 1.14. The van der Waals surface area contributed by atoms with Gasteiger partial charge in [-0.1, -0.05) is 18.2 Å². The first-order chi connectivity index (χ1) is 6.75. The average molecular weight is 193 g/mol.